The summed E-state index contributed by atoms with van der Waals surface area (Å²) in [6, 6.07) is 3.43. The van der Waals surface area contributed by atoms with Crippen molar-refractivity contribution in [3.63, 3.8) is 0 Å². The van der Waals surface area contributed by atoms with E-state index in [1.807, 2.05) is 47.6 Å². The molecular formula is C30H39N3O4. The summed E-state index contributed by atoms with van der Waals surface area (Å²) in [5.74, 6) is 3.88. The van der Waals surface area contributed by atoms with Gasteiger partial charge in [0.2, 0.25) is 0 Å². The first kappa shape index (κ1) is 24.0. The van der Waals surface area contributed by atoms with Crippen LogP contribution < -0.4 is 14.4 Å². The average Bonchev–Trinajstić information content (AvgIpc) is 2.88. The van der Waals surface area contributed by atoms with Crippen LogP contribution in [-0.4, -0.2) is 54.6 Å². The van der Waals surface area contributed by atoms with E-state index in [9.17, 15) is 0 Å². The second kappa shape index (κ2) is 12.3. The molecule has 37 heavy (non-hydrogen) atoms. The topological polar surface area (TPSA) is 65.9 Å². The van der Waals surface area contributed by atoms with Crippen molar-refractivity contribution in [3.05, 3.63) is 47.7 Å². The first-order chi connectivity index (χ1) is 18.7. The Morgan fingerprint density at radius 1 is 1.11 bits per heavy atom. The van der Waals surface area contributed by atoms with Gasteiger partial charge in [-0.05, 0) is 72.2 Å². The standard InChI is InChI=1S/C30H39N3O4/c1-10-23-12-11-21(4)26(15-23)33(9)29-24-16-27(34-13-14-36-30(6,7)8)28(17-25(24)31-19-32-29)37-22(5)18-35-20(2)3/h1,11-12,15-17,19-20,22H,13-14,18H2,2-9H3/i11D,12D,15D. The number of terminal acetylenes is 1. The average molecular weight is 509 g/mol. The molecule has 0 amide bonds. The van der Waals surface area contributed by atoms with Crippen molar-refractivity contribution in [3.8, 4) is 23.8 Å². The van der Waals surface area contributed by atoms with Crippen molar-refractivity contribution < 1.29 is 23.1 Å². The predicted molar refractivity (Wildman–Crippen MR) is 149 cm³/mol. The van der Waals surface area contributed by atoms with Gasteiger partial charge in [0.15, 0.2) is 11.5 Å². The second-order valence-corrected chi connectivity index (χ2v) is 10.1. The maximum Gasteiger partial charge on any atom is 0.163 e. The zero-order valence-electron chi connectivity index (χ0n) is 26.1. The molecule has 3 aromatic rings. The number of hydrogen-bond donors (Lipinski definition) is 0. The number of ether oxygens (including phenoxy) is 4. The van der Waals surface area contributed by atoms with Gasteiger partial charge in [0.1, 0.15) is 24.9 Å². The van der Waals surface area contributed by atoms with Crippen LogP contribution >= 0.6 is 0 Å². The van der Waals surface area contributed by atoms with Crippen LogP contribution in [0.3, 0.4) is 0 Å². The molecular weight excluding hydrogens is 466 g/mol. The van der Waals surface area contributed by atoms with Gasteiger partial charge in [-0.15, -0.1) is 6.42 Å². The molecule has 0 saturated carbocycles. The smallest absolute Gasteiger partial charge is 0.163 e. The van der Waals surface area contributed by atoms with Gasteiger partial charge in [-0.2, -0.15) is 0 Å². The highest BCUT2D eigenvalue weighted by Crippen LogP contribution is 2.38. The highest BCUT2D eigenvalue weighted by molar-refractivity contribution is 5.94. The number of rotatable bonds is 11. The lowest BCUT2D eigenvalue weighted by atomic mass is 10.1. The van der Waals surface area contributed by atoms with Gasteiger partial charge >= 0.3 is 0 Å². The quantitative estimate of drug-likeness (QED) is 0.230. The third-order valence-corrected chi connectivity index (χ3v) is 5.32. The molecule has 1 heterocycles. The lowest BCUT2D eigenvalue weighted by Gasteiger charge is -2.24. The molecule has 1 atom stereocenters. The maximum absolute atomic E-state index is 8.70. The summed E-state index contributed by atoms with van der Waals surface area (Å²) >= 11 is 0. The number of hydrogen-bond acceptors (Lipinski definition) is 7. The summed E-state index contributed by atoms with van der Waals surface area (Å²) in [7, 11) is 1.75. The molecule has 0 N–H and O–H groups in total. The molecule has 2 aromatic carbocycles. The van der Waals surface area contributed by atoms with Gasteiger partial charge in [-0.3, -0.25) is 0 Å². The van der Waals surface area contributed by atoms with E-state index >= 15 is 0 Å². The van der Waals surface area contributed by atoms with E-state index in [2.05, 4.69) is 15.9 Å². The van der Waals surface area contributed by atoms with Crippen LogP contribution in [0.25, 0.3) is 10.9 Å². The van der Waals surface area contributed by atoms with Crippen LogP contribution in [0.1, 0.15) is 56.8 Å². The fourth-order valence-corrected chi connectivity index (χ4v) is 3.57. The lowest BCUT2D eigenvalue weighted by Crippen LogP contribution is -2.23. The Bertz CT molecular complexity index is 1400. The fraction of sp³-hybridized carbons (Fsp3) is 0.467. The maximum atomic E-state index is 8.70. The largest absolute Gasteiger partial charge is 0.487 e. The summed E-state index contributed by atoms with van der Waals surface area (Å²) in [4.78, 5) is 10.7. The summed E-state index contributed by atoms with van der Waals surface area (Å²) in [5.41, 5.74) is 1.22. The first-order valence-electron chi connectivity index (χ1n) is 13.9. The molecule has 1 unspecified atom stereocenters. The van der Waals surface area contributed by atoms with Crippen molar-refractivity contribution >= 4 is 22.4 Å². The Morgan fingerprint density at radius 2 is 1.86 bits per heavy atom. The molecule has 0 aliphatic carbocycles. The van der Waals surface area contributed by atoms with Crippen molar-refractivity contribution in [2.24, 2.45) is 0 Å². The third kappa shape index (κ3) is 7.82. The zero-order valence-corrected chi connectivity index (χ0v) is 23.1. The fourth-order valence-electron chi connectivity index (χ4n) is 3.57. The van der Waals surface area contributed by atoms with Gasteiger partial charge < -0.3 is 23.8 Å². The van der Waals surface area contributed by atoms with E-state index in [1.54, 1.807) is 24.9 Å². The summed E-state index contributed by atoms with van der Waals surface area (Å²) < 4.78 is 49.2. The number of nitrogens with zero attached hydrogens (tertiary/aromatic N) is 3. The van der Waals surface area contributed by atoms with Gasteiger partial charge in [0.05, 0.1) is 34.5 Å². The molecule has 3 rings (SSSR count). The first-order valence-corrected chi connectivity index (χ1v) is 12.4. The highest BCUT2D eigenvalue weighted by atomic mass is 16.6. The number of aromatic nitrogens is 2. The molecule has 0 radical (unpaired) electrons. The van der Waals surface area contributed by atoms with Crippen LogP contribution in [0.15, 0.2) is 36.6 Å². The van der Waals surface area contributed by atoms with Crippen LogP contribution in [0, 0.1) is 19.3 Å². The molecule has 7 nitrogen and oxygen atoms in total. The van der Waals surface area contributed by atoms with E-state index in [4.69, 9.17) is 29.5 Å². The molecule has 0 saturated heterocycles. The SMILES string of the molecule is [2H]c1c([2H])c(C#C)c([2H])c(N(C)c2ncnc3cc(OC(C)COC(C)C)c(OCCOC(C)(C)C)cc23)c1C. The minimum Gasteiger partial charge on any atom is -0.487 e. The molecule has 0 fully saturated rings. The van der Waals surface area contributed by atoms with Crippen LogP contribution in [-0.2, 0) is 9.47 Å². The third-order valence-electron chi connectivity index (χ3n) is 5.32. The molecule has 198 valence electrons. The predicted octanol–water partition coefficient (Wildman–Crippen LogP) is 6.07. The van der Waals surface area contributed by atoms with E-state index < -0.39 is 0 Å². The lowest BCUT2D eigenvalue weighted by molar-refractivity contribution is -0.0170. The zero-order chi connectivity index (χ0) is 29.8. The second-order valence-electron chi connectivity index (χ2n) is 10.1. The molecule has 1 aromatic heterocycles. The molecule has 7 heteroatoms. The van der Waals surface area contributed by atoms with Gasteiger partial charge in [-0.1, -0.05) is 12.0 Å². The summed E-state index contributed by atoms with van der Waals surface area (Å²) in [6.07, 6.45) is 6.87. The van der Waals surface area contributed by atoms with Crippen molar-refractivity contribution in [1.29, 1.82) is 0 Å². The Kier molecular flexibility index (Phi) is 7.96. The summed E-state index contributed by atoms with van der Waals surface area (Å²) in [6.45, 7) is 14.6. The monoisotopic (exact) mass is 508 g/mol. The van der Waals surface area contributed by atoms with Crippen molar-refractivity contribution in [1.82, 2.24) is 9.97 Å². The summed E-state index contributed by atoms with van der Waals surface area (Å²) in [5, 5.41) is 0.651. The minimum absolute atomic E-state index is 0.00926. The Hall–Kier alpha value is -3.34. The van der Waals surface area contributed by atoms with Gasteiger partial charge in [-0.25, -0.2) is 9.97 Å². The van der Waals surface area contributed by atoms with E-state index in [0.717, 1.165) is 0 Å². The number of fused-ring (bicyclic) bond motifs is 1. The van der Waals surface area contributed by atoms with Gasteiger partial charge in [0, 0.05) is 29.8 Å². The van der Waals surface area contributed by atoms with Crippen molar-refractivity contribution in [2.45, 2.75) is 66.3 Å². The minimum atomic E-state index is -0.299. The molecule has 0 spiro atoms. The van der Waals surface area contributed by atoms with Crippen LogP contribution in [0.2, 0.25) is 0 Å². The molecule has 0 aliphatic heterocycles. The Labute approximate surface area is 225 Å². The molecule has 0 aliphatic rings. The molecule has 0 bridgehead atoms. The normalized spacial score (nSPS) is 13.6. The van der Waals surface area contributed by atoms with E-state index in [0.29, 0.717) is 59.3 Å². The number of benzene rings is 2. The van der Waals surface area contributed by atoms with E-state index in [-0.39, 0.29) is 41.5 Å². The van der Waals surface area contributed by atoms with Crippen LogP contribution in [0.5, 0.6) is 11.5 Å². The van der Waals surface area contributed by atoms with Gasteiger partial charge in [0.25, 0.3) is 0 Å². The van der Waals surface area contributed by atoms with Crippen LogP contribution in [0.4, 0.5) is 11.5 Å². The Balaban J connectivity index is 2.09. The Morgan fingerprint density at radius 3 is 2.54 bits per heavy atom. The van der Waals surface area contributed by atoms with Crippen molar-refractivity contribution in [2.75, 3.05) is 31.8 Å². The number of anilines is 2. The highest BCUT2D eigenvalue weighted by Gasteiger charge is 2.19. The van der Waals surface area contributed by atoms with E-state index in [1.165, 1.54) is 6.33 Å².